The molecule has 0 aliphatic carbocycles. The van der Waals surface area contributed by atoms with Crippen LogP contribution >= 0.6 is 0 Å². The number of carboxylic acid groups (broad SMARTS) is 1. The van der Waals surface area contributed by atoms with Crippen molar-refractivity contribution in [3.05, 3.63) is 35.4 Å². The van der Waals surface area contributed by atoms with E-state index in [1.165, 1.54) is 30.3 Å². The fraction of sp³-hybridized carbons (Fsp3) is 0. The topological polar surface area (TPSA) is 84.1 Å². The van der Waals surface area contributed by atoms with Crippen molar-refractivity contribution in [2.45, 2.75) is 0 Å². The van der Waals surface area contributed by atoms with Crippen LogP contribution in [-0.2, 0) is 4.79 Å². The van der Waals surface area contributed by atoms with E-state index in [2.05, 4.69) is 0 Å². The highest BCUT2D eigenvalue weighted by molar-refractivity contribution is 5.96. The maximum Gasteiger partial charge on any atom is 0.346 e. The molecular weight excluding hydrogens is 182 g/mol. The van der Waals surface area contributed by atoms with Crippen LogP contribution in [0.25, 0.3) is 6.08 Å². The van der Waals surface area contributed by atoms with Gasteiger partial charge in [0.05, 0.1) is 0 Å². The number of rotatable bonds is 2. The largest absolute Gasteiger partial charge is 0.872 e. The normalized spacial score (nSPS) is 10.6. The summed E-state index contributed by atoms with van der Waals surface area (Å²) in [6.07, 6.45) is 1.21. The van der Waals surface area contributed by atoms with Gasteiger partial charge >= 0.3 is 5.97 Å². The SMILES string of the molecule is N#CC(=Cc1ccc([O-])cc1)C(=O)O. The van der Waals surface area contributed by atoms with Gasteiger partial charge in [0.15, 0.2) is 0 Å². The van der Waals surface area contributed by atoms with E-state index in [1.54, 1.807) is 6.07 Å². The summed E-state index contributed by atoms with van der Waals surface area (Å²) in [7, 11) is 0. The minimum atomic E-state index is -1.28. The van der Waals surface area contributed by atoms with Gasteiger partial charge in [-0.05, 0) is 11.6 Å². The van der Waals surface area contributed by atoms with Crippen LogP contribution in [0, 0.1) is 11.3 Å². The average Bonchev–Trinajstić information content (AvgIpc) is 2.16. The Kier molecular flexibility index (Phi) is 2.87. The quantitative estimate of drug-likeness (QED) is 0.548. The molecule has 0 aromatic heterocycles. The Morgan fingerprint density at radius 3 is 2.43 bits per heavy atom. The molecule has 0 spiro atoms. The molecule has 0 saturated heterocycles. The minimum Gasteiger partial charge on any atom is -0.872 e. The second kappa shape index (κ2) is 4.10. The van der Waals surface area contributed by atoms with E-state index >= 15 is 0 Å². The summed E-state index contributed by atoms with van der Waals surface area (Å²) in [6, 6.07) is 7.09. The van der Waals surface area contributed by atoms with Crippen LogP contribution in [0.4, 0.5) is 0 Å². The smallest absolute Gasteiger partial charge is 0.346 e. The van der Waals surface area contributed by atoms with Crippen molar-refractivity contribution in [3.8, 4) is 11.8 Å². The minimum absolute atomic E-state index is 0.156. The molecule has 4 nitrogen and oxygen atoms in total. The lowest BCUT2D eigenvalue weighted by atomic mass is 10.1. The zero-order valence-corrected chi connectivity index (χ0v) is 7.10. The lowest BCUT2D eigenvalue weighted by Crippen LogP contribution is -1.97. The molecule has 0 bridgehead atoms. The van der Waals surface area contributed by atoms with Crippen molar-refractivity contribution >= 4 is 12.0 Å². The van der Waals surface area contributed by atoms with E-state index in [1.807, 2.05) is 0 Å². The number of aliphatic carboxylic acids is 1. The summed E-state index contributed by atoms with van der Waals surface area (Å²) in [5.41, 5.74) is 0.159. The second-order valence-electron chi connectivity index (χ2n) is 2.54. The summed E-state index contributed by atoms with van der Waals surface area (Å²) in [4.78, 5) is 10.4. The molecule has 0 radical (unpaired) electrons. The molecule has 1 aromatic carbocycles. The van der Waals surface area contributed by atoms with Crippen LogP contribution in [0.3, 0.4) is 0 Å². The molecule has 0 atom stereocenters. The number of carboxylic acids is 1. The van der Waals surface area contributed by atoms with Crippen molar-refractivity contribution < 1.29 is 15.0 Å². The number of carbonyl (C=O) groups is 1. The predicted molar refractivity (Wildman–Crippen MR) is 47.1 cm³/mol. The average molecular weight is 188 g/mol. The van der Waals surface area contributed by atoms with Crippen LogP contribution in [-0.4, -0.2) is 11.1 Å². The number of hydrogen-bond acceptors (Lipinski definition) is 3. The summed E-state index contributed by atoms with van der Waals surface area (Å²) < 4.78 is 0. The molecule has 14 heavy (non-hydrogen) atoms. The van der Waals surface area contributed by atoms with E-state index in [4.69, 9.17) is 10.4 Å². The Hall–Kier alpha value is -2.28. The van der Waals surface area contributed by atoms with Gasteiger partial charge in [-0.15, -0.1) is 5.75 Å². The van der Waals surface area contributed by atoms with Gasteiger partial charge in [-0.1, -0.05) is 24.3 Å². The molecule has 0 aliphatic rings. The highest BCUT2D eigenvalue weighted by atomic mass is 16.4. The molecule has 0 heterocycles. The zero-order chi connectivity index (χ0) is 10.6. The lowest BCUT2D eigenvalue weighted by molar-refractivity contribution is -0.268. The third kappa shape index (κ3) is 2.35. The van der Waals surface area contributed by atoms with E-state index in [0.29, 0.717) is 5.56 Å². The van der Waals surface area contributed by atoms with Gasteiger partial charge in [0.25, 0.3) is 0 Å². The molecule has 4 heteroatoms. The number of benzene rings is 1. The van der Waals surface area contributed by atoms with Gasteiger partial charge in [0.1, 0.15) is 11.6 Å². The molecule has 0 fully saturated rings. The predicted octanol–water partition coefficient (Wildman–Crippen LogP) is 0.752. The van der Waals surface area contributed by atoms with E-state index in [0.717, 1.165) is 0 Å². The summed E-state index contributed by atoms with van der Waals surface area (Å²) in [5, 5.41) is 27.7. The third-order valence-electron chi connectivity index (χ3n) is 1.54. The lowest BCUT2D eigenvalue weighted by Gasteiger charge is -2.03. The van der Waals surface area contributed by atoms with Crippen LogP contribution in [0.1, 0.15) is 5.56 Å². The summed E-state index contributed by atoms with van der Waals surface area (Å²) in [6.45, 7) is 0. The van der Waals surface area contributed by atoms with Gasteiger partial charge in [0.2, 0.25) is 0 Å². The molecule has 0 aliphatic heterocycles. The highest BCUT2D eigenvalue weighted by Gasteiger charge is 2.04. The first kappa shape index (κ1) is 9.81. The van der Waals surface area contributed by atoms with Gasteiger partial charge in [-0.3, -0.25) is 0 Å². The second-order valence-corrected chi connectivity index (χ2v) is 2.54. The van der Waals surface area contributed by atoms with Gasteiger partial charge in [-0.25, -0.2) is 4.79 Å². The fourth-order valence-electron chi connectivity index (χ4n) is 0.873. The van der Waals surface area contributed by atoms with Gasteiger partial charge in [-0.2, -0.15) is 5.26 Å². The Morgan fingerprint density at radius 1 is 1.43 bits per heavy atom. The van der Waals surface area contributed by atoms with Crippen LogP contribution in [0.15, 0.2) is 29.8 Å². The van der Waals surface area contributed by atoms with E-state index in [-0.39, 0.29) is 11.3 Å². The maximum absolute atomic E-state index is 10.7. The van der Waals surface area contributed by atoms with Crippen molar-refractivity contribution in [1.82, 2.24) is 0 Å². The maximum atomic E-state index is 10.7. The van der Waals surface area contributed by atoms with E-state index < -0.39 is 5.97 Å². The molecule has 0 unspecified atom stereocenters. The molecule has 70 valence electrons. The molecule has 1 N–H and O–H groups in total. The number of nitriles is 1. The molecule has 0 saturated carbocycles. The van der Waals surface area contributed by atoms with Gasteiger partial charge in [0, 0.05) is 0 Å². The monoisotopic (exact) mass is 188 g/mol. The third-order valence-corrected chi connectivity index (χ3v) is 1.54. The number of hydrogen-bond donors (Lipinski definition) is 1. The standard InChI is InChI=1S/C10H7NO3/c11-6-8(10(13)14)5-7-1-3-9(12)4-2-7/h1-5,12H,(H,13,14)/p-1. The zero-order valence-electron chi connectivity index (χ0n) is 7.10. The van der Waals surface area contributed by atoms with Crippen LogP contribution in [0.2, 0.25) is 0 Å². The molecular formula is C10H6NO3-. The van der Waals surface area contributed by atoms with Crippen LogP contribution in [0.5, 0.6) is 5.75 Å². The Morgan fingerprint density at radius 2 is 2.00 bits per heavy atom. The number of nitrogens with zero attached hydrogens (tertiary/aromatic N) is 1. The van der Waals surface area contributed by atoms with Crippen molar-refractivity contribution in [3.63, 3.8) is 0 Å². The Balaban J connectivity index is 3.03. The Labute approximate surface area is 80.3 Å². The molecule has 1 rings (SSSR count). The van der Waals surface area contributed by atoms with Crippen molar-refractivity contribution in [2.24, 2.45) is 0 Å². The first-order valence-electron chi connectivity index (χ1n) is 3.75. The summed E-state index contributed by atoms with van der Waals surface area (Å²) >= 11 is 0. The van der Waals surface area contributed by atoms with Crippen molar-refractivity contribution in [1.29, 1.82) is 5.26 Å². The Bertz CT molecular complexity index is 412. The van der Waals surface area contributed by atoms with Crippen molar-refractivity contribution in [2.75, 3.05) is 0 Å². The highest BCUT2D eigenvalue weighted by Crippen LogP contribution is 2.10. The first-order chi connectivity index (χ1) is 6.63. The molecule has 1 aromatic rings. The van der Waals surface area contributed by atoms with Gasteiger partial charge < -0.3 is 10.2 Å². The fourth-order valence-corrected chi connectivity index (χ4v) is 0.873. The first-order valence-corrected chi connectivity index (χ1v) is 3.75. The summed E-state index contributed by atoms with van der Waals surface area (Å²) in [5.74, 6) is -1.44. The van der Waals surface area contributed by atoms with E-state index in [9.17, 15) is 9.90 Å². The molecule has 0 amide bonds. The van der Waals surface area contributed by atoms with Crippen LogP contribution < -0.4 is 5.11 Å².